The monoisotopic (exact) mass is 569 g/mol. The van der Waals surface area contributed by atoms with Gasteiger partial charge in [0.25, 0.3) is 0 Å². The highest BCUT2D eigenvalue weighted by atomic mass is 19.4. The summed E-state index contributed by atoms with van der Waals surface area (Å²) < 4.78 is 54.0. The van der Waals surface area contributed by atoms with Gasteiger partial charge in [0.05, 0.1) is 13.7 Å². The standard InChI is InChI=1S/C23H22F3NO4.C8H8O2/c1-4-30-21(22(28)29)12-16-7-5-6-15(10-16)11-18-14(2)27(3)20-9-8-17(13-19(18)20)31-23(24,25)26;1-10-8-4-2-7(6-9)3-5-8/h5-10,12-13H,4,11H2,1-3H3,(H,28,29);2-6H,1H3/b21-12-;. The molecule has 3 aromatic carbocycles. The predicted octanol–water partition coefficient (Wildman–Crippen LogP) is 6.95. The van der Waals surface area contributed by atoms with Crippen LogP contribution in [0.3, 0.4) is 0 Å². The predicted molar refractivity (Wildman–Crippen MR) is 149 cm³/mol. The van der Waals surface area contributed by atoms with Gasteiger partial charge < -0.3 is 23.9 Å². The molecule has 0 aliphatic carbocycles. The Labute approximate surface area is 235 Å². The number of alkyl halides is 3. The average molecular weight is 570 g/mol. The smallest absolute Gasteiger partial charge is 0.497 e. The van der Waals surface area contributed by atoms with E-state index < -0.39 is 12.3 Å². The highest BCUT2D eigenvalue weighted by Gasteiger charge is 2.31. The number of aryl methyl sites for hydroxylation is 1. The molecule has 0 spiro atoms. The summed E-state index contributed by atoms with van der Waals surface area (Å²) in [4.78, 5) is 21.5. The molecular weight excluding hydrogens is 539 g/mol. The number of methoxy groups -OCH3 is 1. The largest absolute Gasteiger partial charge is 0.573 e. The highest BCUT2D eigenvalue weighted by Crippen LogP contribution is 2.32. The molecule has 0 aliphatic heterocycles. The van der Waals surface area contributed by atoms with Crippen LogP contribution in [0, 0.1) is 6.92 Å². The van der Waals surface area contributed by atoms with Gasteiger partial charge in [0.15, 0.2) is 0 Å². The SMILES string of the molecule is CCO/C(=C\c1cccc(Cc2c(C)n(C)c3ccc(OC(F)(F)F)cc23)c1)C(=O)O.COc1ccc(C=O)cc1. The summed E-state index contributed by atoms with van der Waals surface area (Å²) in [5.41, 5.74) is 4.79. The summed E-state index contributed by atoms with van der Waals surface area (Å²) in [6.07, 6.45) is -2.06. The van der Waals surface area contributed by atoms with Crippen molar-refractivity contribution in [3.05, 3.63) is 100 Å². The maximum Gasteiger partial charge on any atom is 0.573 e. The lowest BCUT2D eigenvalue weighted by atomic mass is 10.00. The summed E-state index contributed by atoms with van der Waals surface area (Å²) in [7, 11) is 3.45. The molecule has 0 bridgehead atoms. The Morgan fingerprint density at radius 1 is 1.00 bits per heavy atom. The molecule has 216 valence electrons. The molecule has 7 nitrogen and oxygen atoms in total. The maximum absolute atomic E-state index is 12.6. The van der Waals surface area contributed by atoms with Crippen molar-refractivity contribution in [1.82, 2.24) is 4.57 Å². The number of ether oxygens (including phenoxy) is 3. The molecule has 0 atom stereocenters. The van der Waals surface area contributed by atoms with Crippen LogP contribution in [0.1, 0.15) is 39.7 Å². The van der Waals surface area contributed by atoms with Crippen LogP contribution in [0.2, 0.25) is 0 Å². The Bertz CT molecular complexity index is 1540. The van der Waals surface area contributed by atoms with Crippen LogP contribution in [0.25, 0.3) is 17.0 Å². The van der Waals surface area contributed by atoms with Crippen LogP contribution >= 0.6 is 0 Å². The van der Waals surface area contributed by atoms with Crippen molar-refractivity contribution in [2.45, 2.75) is 26.6 Å². The quantitative estimate of drug-likeness (QED) is 0.133. The van der Waals surface area contributed by atoms with Crippen molar-refractivity contribution in [2.24, 2.45) is 7.05 Å². The number of carboxylic acid groups (broad SMARTS) is 1. The summed E-state index contributed by atoms with van der Waals surface area (Å²) in [5.74, 6) is -0.818. The summed E-state index contributed by atoms with van der Waals surface area (Å²) in [6.45, 7) is 3.84. The van der Waals surface area contributed by atoms with Gasteiger partial charge in [-0.2, -0.15) is 0 Å². The van der Waals surface area contributed by atoms with Crippen LogP contribution in [-0.2, 0) is 23.0 Å². The third-order valence-corrected chi connectivity index (χ3v) is 6.22. The first-order valence-corrected chi connectivity index (χ1v) is 12.5. The number of rotatable bonds is 9. The number of carbonyl (C=O) groups is 2. The number of carbonyl (C=O) groups excluding carboxylic acids is 1. The Balaban J connectivity index is 0.000000389. The van der Waals surface area contributed by atoms with E-state index in [1.807, 2.05) is 30.7 Å². The van der Waals surface area contributed by atoms with Crippen molar-refractivity contribution >= 4 is 29.2 Å². The molecule has 0 unspecified atom stereocenters. The molecule has 0 fully saturated rings. The number of aromatic nitrogens is 1. The minimum Gasteiger partial charge on any atom is -0.497 e. The van der Waals surface area contributed by atoms with Crippen LogP contribution in [-0.4, -0.2) is 42.0 Å². The molecule has 10 heteroatoms. The van der Waals surface area contributed by atoms with E-state index in [0.29, 0.717) is 22.9 Å². The van der Waals surface area contributed by atoms with Crippen molar-refractivity contribution in [1.29, 1.82) is 0 Å². The first kappa shape index (κ1) is 30.8. The number of halogens is 3. The Hall–Kier alpha value is -4.73. The molecule has 0 amide bonds. The lowest BCUT2D eigenvalue weighted by Crippen LogP contribution is -2.17. The van der Waals surface area contributed by atoms with Gasteiger partial charge in [-0.3, -0.25) is 4.79 Å². The molecule has 41 heavy (non-hydrogen) atoms. The second kappa shape index (κ2) is 13.6. The number of aldehydes is 1. The van der Waals surface area contributed by atoms with E-state index in [1.54, 1.807) is 56.5 Å². The van der Waals surface area contributed by atoms with Gasteiger partial charge in [-0.15, -0.1) is 13.2 Å². The molecule has 1 N–H and O–H groups in total. The number of nitrogens with zero attached hydrogens (tertiary/aromatic N) is 1. The molecule has 0 aliphatic rings. The summed E-state index contributed by atoms with van der Waals surface area (Å²) in [6, 6.07) is 18.5. The van der Waals surface area contributed by atoms with Crippen molar-refractivity contribution in [3.63, 3.8) is 0 Å². The fraction of sp³-hybridized carbons (Fsp3) is 0.226. The van der Waals surface area contributed by atoms with Gasteiger partial charge in [0, 0.05) is 29.2 Å². The van der Waals surface area contributed by atoms with Gasteiger partial charge in [-0.05, 0) is 85.5 Å². The van der Waals surface area contributed by atoms with Crippen molar-refractivity contribution in [3.8, 4) is 11.5 Å². The Kier molecular flexibility index (Phi) is 10.2. The van der Waals surface area contributed by atoms with E-state index in [4.69, 9.17) is 9.47 Å². The maximum atomic E-state index is 12.6. The second-order valence-corrected chi connectivity index (χ2v) is 8.91. The highest BCUT2D eigenvalue weighted by molar-refractivity contribution is 5.90. The molecule has 4 aromatic rings. The van der Waals surface area contributed by atoms with Crippen LogP contribution in [0.5, 0.6) is 11.5 Å². The fourth-order valence-corrected chi connectivity index (χ4v) is 4.20. The van der Waals surface area contributed by atoms with E-state index in [2.05, 4.69) is 4.74 Å². The number of aliphatic carboxylic acids is 1. The summed E-state index contributed by atoms with van der Waals surface area (Å²) >= 11 is 0. The average Bonchev–Trinajstić information content (AvgIpc) is 3.16. The molecule has 4 rings (SSSR count). The van der Waals surface area contributed by atoms with Crippen LogP contribution < -0.4 is 9.47 Å². The normalized spacial score (nSPS) is 11.4. The number of carboxylic acids is 1. The topological polar surface area (TPSA) is 87.0 Å². The van der Waals surface area contributed by atoms with Gasteiger partial charge in [0.1, 0.15) is 17.8 Å². The first-order valence-electron chi connectivity index (χ1n) is 12.5. The van der Waals surface area contributed by atoms with E-state index in [0.717, 1.165) is 34.4 Å². The van der Waals surface area contributed by atoms with Gasteiger partial charge in [-0.25, -0.2) is 4.79 Å². The third-order valence-electron chi connectivity index (χ3n) is 6.22. The van der Waals surface area contributed by atoms with Gasteiger partial charge >= 0.3 is 12.3 Å². The molecule has 1 heterocycles. The van der Waals surface area contributed by atoms with E-state index >= 15 is 0 Å². The first-order chi connectivity index (χ1) is 19.4. The number of hydrogen-bond donors (Lipinski definition) is 1. The minimum atomic E-state index is -4.76. The van der Waals surface area contributed by atoms with Crippen molar-refractivity contribution in [2.75, 3.05) is 13.7 Å². The van der Waals surface area contributed by atoms with Gasteiger partial charge in [-0.1, -0.05) is 24.3 Å². The zero-order valence-corrected chi connectivity index (χ0v) is 23.0. The number of fused-ring (bicyclic) bond motifs is 1. The van der Waals surface area contributed by atoms with Crippen LogP contribution in [0.4, 0.5) is 13.2 Å². The fourth-order valence-electron chi connectivity index (χ4n) is 4.20. The molecule has 0 saturated carbocycles. The van der Waals surface area contributed by atoms with E-state index in [1.165, 1.54) is 18.2 Å². The molecular formula is C31H30F3NO6. The number of hydrogen-bond acceptors (Lipinski definition) is 5. The zero-order chi connectivity index (χ0) is 30.2. The lowest BCUT2D eigenvalue weighted by molar-refractivity contribution is -0.274. The van der Waals surface area contributed by atoms with Crippen molar-refractivity contribution < 1.29 is 42.1 Å². The zero-order valence-electron chi connectivity index (χ0n) is 23.0. The van der Waals surface area contributed by atoms with Crippen LogP contribution in [0.15, 0.2) is 72.5 Å². The Morgan fingerprint density at radius 3 is 2.27 bits per heavy atom. The Morgan fingerprint density at radius 2 is 1.68 bits per heavy atom. The third kappa shape index (κ3) is 8.38. The number of benzene rings is 3. The molecule has 1 aromatic heterocycles. The summed E-state index contributed by atoms with van der Waals surface area (Å²) in [5, 5.41) is 9.92. The molecule has 0 saturated heterocycles. The van der Waals surface area contributed by atoms with E-state index in [9.17, 15) is 27.9 Å². The minimum absolute atomic E-state index is 0.157. The lowest BCUT2D eigenvalue weighted by Gasteiger charge is -2.09. The molecule has 0 radical (unpaired) electrons. The second-order valence-electron chi connectivity index (χ2n) is 8.91. The van der Waals surface area contributed by atoms with E-state index in [-0.39, 0.29) is 18.1 Å². The van der Waals surface area contributed by atoms with Gasteiger partial charge in [0.2, 0.25) is 5.76 Å².